The van der Waals surface area contributed by atoms with Crippen LogP contribution in [0.1, 0.15) is 32.6 Å². The van der Waals surface area contributed by atoms with E-state index in [1.54, 1.807) is 0 Å². The zero-order valence-corrected chi connectivity index (χ0v) is 10.6. The van der Waals surface area contributed by atoms with Crippen LogP contribution in [0.2, 0.25) is 0 Å². The van der Waals surface area contributed by atoms with Crippen LogP contribution in [-0.2, 0) is 0 Å². The third-order valence-corrected chi connectivity index (χ3v) is 2.89. The number of hydrogen-bond donors (Lipinski definition) is 2. The second-order valence-corrected chi connectivity index (χ2v) is 5.38. The number of H-pyrrole nitrogens is 1. The first kappa shape index (κ1) is 11.9. The van der Waals surface area contributed by atoms with Crippen LogP contribution in [0.25, 0.3) is 11.3 Å². The normalized spacial score (nSPS) is 13.6. The van der Waals surface area contributed by atoms with Gasteiger partial charge in [0.2, 0.25) is 0 Å². The molecular formula is C14H19N3. The summed E-state index contributed by atoms with van der Waals surface area (Å²) in [4.78, 5) is 7.74. The monoisotopic (exact) mass is 229 g/mol. The number of rotatable bonds is 2. The molecule has 1 atom stereocenters. The average molecular weight is 229 g/mol. The van der Waals surface area contributed by atoms with Crippen molar-refractivity contribution in [1.82, 2.24) is 9.97 Å². The second-order valence-electron chi connectivity index (χ2n) is 5.38. The molecular weight excluding hydrogens is 210 g/mol. The minimum absolute atomic E-state index is 0.00577. The number of nitrogens with two attached hydrogens (primary N) is 1. The van der Waals surface area contributed by atoms with Crippen LogP contribution in [0.3, 0.4) is 0 Å². The summed E-state index contributed by atoms with van der Waals surface area (Å²) in [6.07, 6.45) is 1.91. The minimum atomic E-state index is -0.0834. The van der Waals surface area contributed by atoms with Crippen molar-refractivity contribution in [2.45, 2.75) is 26.8 Å². The molecule has 0 amide bonds. The smallest absolute Gasteiger partial charge is 0.124 e. The highest BCUT2D eigenvalue weighted by atomic mass is 15.0. The van der Waals surface area contributed by atoms with E-state index in [-0.39, 0.29) is 11.5 Å². The Labute approximate surface area is 102 Å². The zero-order chi connectivity index (χ0) is 12.5. The summed E-state index contributed by atoms with van der Waals surface area (Å²) in [5.74, 6) is 0.844. The SMILES string of the molecule is CC(C)(C)[C@@H](N)c1nc(-c2ccccc2)c[nH]1. The Morgan fingerprint density at radius 3 is 2.41 bits per heavy atom. The predicted octanol–water partition coefficient (Wildman–Crippen LogP) is 3.12. The van der Waals surface area contributed by atoms with Crippen molar-refractivity contribution in [3.8, 4) is 11.3 Å². The Morgan fingerprint density at radius 1 is 1.18 bits per heavy atom. The van der Waals surface area contributed by atoms with Gasteiger partial charge in [0.15, 0.2) is 0 Å². The number of aromatic nitrogens is 2. The fraction of sp³-hybridized carbons (Fsp3) is 0.357. The number of benzene rings is 1. The van der Waals surface area contributed by atoms with Crippen molar-refractivity contribution >= 4 is 0 Å². The molecule has 0 aliphatic heterocycles. The van der Waals surface area contributed by atoms with Crippen molar-refractivity contribution in [3.63, 3.8) is 0 Å². The summed E-state index contributed by atoms with van der Waals surface area (Å²) in [5.41, 5.74) is 8.23. The van der Waals surface area contributed by atoms with E-state index in [4.69, 9.17) is 5.73 Å². The van der Waals surface area contributed by atoms with Crippen LogP contribution in [0.4, 0.5) is 0 Å². The maximum Gasteiger partial charge on any atom is 0.124 e. The summed E-state index contributed by atoms with van der Waals surface area (Å²) in [6, 6.07) is 10.0. The van der Waals surface area contributed by atoms with Gasteiger partial charge in [0.05, 0.1) is 11.7 Å². The van der Waals surface area contributed by atoms with Crippen LogP contribution >= 0.6 is 0 Å². The first-order chi connectivity index (χ1) is 7.98. The zero-order valence-electron chi connectivity index (χ0n) is 10.6. The highest BCUT2D eigenvalue weighted by Gasteiger charge is 2.24. The van der Waals surface area contributed by atoms with Crippen LogP contribution < -0.4 is 5.73 Å². The van der Waals surface area contributed by atoms with Gasteiger partial charge in [0.1, 0.15) is 5.82 Å². The molecule has 0 saturated heterocycles. The van der Waals surface area contributed by atoms with Crippen molar-refractivity contribution in [1.29, 1.82) is 0 Å². The Balaban J connectivity index is 2.28. The Bertz CT molecular complexity index is 480. The fourth-order valence-corrected chi connectivity index (χ4v) is 1.66. The van der Waals surface area contributed by atoms with Gasteiger partial charge in [-0.1, -0.05) is 51.1 Å². The maximum absolute atomic E-state index is 6.17. The number of aromatic amines is 1. The lowest BCUT2D eigenvalue weighted by Gasteiger charge is -2.24. The lowest BCUT2D eigenvalue weighted by molar-refractivity contribution is 0.317. The Hall–Kier alpha value is -1.61. The van der Waals surface area contributed by atoms with Gasteiger partial charge in [-0.15, -0.1) is 0 Å². The number of nitrogens with one attached hydrogen (secondary N) is 1. The maximum atomic E-state index is 6.17. The van der Waals surface area contributed by atoms with E-state index < -0.39 is 0 Å². The molecule has 0 unspecified atom stereocenters. The fourth-order valence-electron chi connectivity index (χ4n) is 1.66. The van der Waals surface area contributed by atoms with Crippen LogP contribution in [0, 0.1) is 5.41 Å². The second kappa shape index (κ2) is 4.34. The highest BCUT2D eigenvalue weighted by Crippen LogP contribution is 2.29. The molecule has 3 nitrogen and oxygen atoms in total. The summed E-state index contributed by atoms with van der Waals surface area (Å²) >= 11 is 0. The first-order valence-electron chi connectivity index (χ1n) is 5.85. The molecule has 0 spiro atoms. The third-order valence-electron chi connectivity index (χ3n) is 2.89. The molecule has 2 aromatic rings. The molecule has 17 heavy (non-hydrogen) atoms. The highest BCUT2D eigenvalue weighted by molar-refractivity contribution is 5.58. The topological polar surface area (TPSA) is 54.7 Å². The van der Waals surface area contributed by atoms with E-state index in [1.165, 1.54) is 0 Å². The Morgan fingerprint density at radius 2 is 1.82 bits per heavy atom. The van der Waals surface area contributed by atoms with E-state index in [1.807, 2.05) is 36.5 Å². The largest absolute Gasteiger partial charge is 0.347 e. The molecule has 0 fully saturated rings. The molecule has 0 aliphatic rings. The van der Waals surface area contributed by atoms with Crippen molar-refractivity contribution in [2.75, 3.05) is 0 Å². The van der Waals surface area contributed by atoms with Gasteiger partial charge < -0.3 is 10.7 Å². The third kappa shape index (κ3) is 2.56. The number of imidazole rings is 1. The van der Waals surface area contributed by atoms with Crippen LogP contribution in [0.5, 0.6) is 0 Å². The van der Waals surface area contributed by atoms with Crippen molar-refractivity contribution in [3.05, 3.63) is 42.4 Å². The lowest BCUT2D eigenvalue weighted by atomic mass is 9.87. The van der Waals surface area contributed by atoms with Gasteiger partial charge in [0.25, 0.3) is 0 Å². The molecule has 0 aliphatic carbocycles. The predicted molar refractivity (Wildman–Crippen MR) is 70.4 cm³/mol. The average Bonchev–Trinajstić information content (AvgIpc) is 2.77. The van der Waals surface area contributed by atoms with Crippen molar-refractivity contribution < 1.29 is 0 Å². The van der Waals surface area contributed by atoms with E-state index in [9.17, 15) is 0 Å². The van der Waals surface area contributed by atoms with Crippen LogP contribution in [-0.4, -0.2) is 9.97 Å². The lowest BCUT2D eigenvalue weighted by Crippen LogP contribution is -2.27. The molecule has 2 rings (SSSR count). The molecule has 3 N–H and O–H groups in total. The van der Waals surface area contributed by atoms with Crippen molar-refractivity contribution in [2.24, 2.45) is 11.1 Å². The molecule has 1 aromatic heterocycles. The van der Waals surface area contributed by atoms with Crippen LogP contribution in [0.15, 0.2) is 36.5 Å². The van der Waals surface area contributed by atoms with E-state index in [0.29, 0.717) is 0 Å². The van der Waals surface area contributed by atoms with Gasteiger partial charge in [-0.2, -0.15) is 0 Å². The van der Waals surface area contributed by atoms with Gasteiger partial charge in [-0.05, 0) is 5.41 Å². The molecule has 90 valence electrons. The van der Waals surface area contributed by atoms with E-state index in [2.05, 4.69) is 30.7 Å². The standard InChI is InChI=1S/C14H19N3/c1-14(2,3)12(15)13-16-9-11(17-13)10-7-5-4-6-8-10/h4-9,12H,15H2,1-3H3,(H,16,17)/t12-/m0/s1. The molecule has 3 heteroatoms. The molecule has 0 bridgehead atoms. The first-order valence-corrected chi connectivity index (χ1v) is 5.85. The quantitative estimate of drug-likeness (QED) is 0.831. The summed E-state index contributed by atoms with van der Waals surface area (Å²) < 4.78 is 0. The molecule has 1 heterocycles. The number of hydrogen-bond acceptors (Lipinski definition) is 2. The summed E-state index contributed by atoms with van der Waals surface area (Å²) in [7, 11) is 0. The molecule has 0 radical (unpaired) electrons. The van der Waals surface area contributed by atoms with Gasteiger partial charge in [-0.3, -0.25) is 0 Å². The van der Waals surface area contributed by atoms with Gasteiger partial charge >= 0.3 is 0 Å². The minimum Gasteiger partial charge on any atom is -0.347 e. The Kier molecular flexibility index (Phi) is 3.03. The number of nitrogens with zero attached hydrogens (tertiary/aromatic N) is 1. The van der Waals surface area contributed by atoms with Gasteiger partial charge in [0, 0.05) is 11.8 Å². The van der Waals surface area contributed by atoms with E-state index >= 15 is 0 Å². The molecule has 1 aromatic carbocycles. The summed E-state index contributed by atoms with van der Waals surface area (Å²) in [6.45, 7) is 6.34. The van der Waals surface area contributed by atoms with E-state index in [0.717, 1.165) is 17.1 Å². The summed E-state index contributed by atoms with van der Waals surface area (Å²) in [5, 5.41) is 0. The molecule has 0 saturated carbocycles. The van der Waals surface area contributed by atoms with Gasteiger partial charge in [-0.25, -0.2) is 4.98 Å².